The molecule has 1 heterocycles. The minimum Gasteiger partial charge on any atom is -0.507 e. The lowest BCUT2D eigenvalue weighted by Crippen LogP contribution is -2.45. The van der Waals surface area contributed by atoms with Crippen molar-refractivity contribution in [3.8, 4) is 17.2 Å². The van der Waals surface area contributed by atoms with Gasteiger partial charge < -0.3 is 19.9 Å². The number of nitrogens with zero attached hydrogens (tertiary/aromatic N) is 1. The molecular weight excluding hydrogens is 311 g/mol. The van der Waals surface area contributed by atoms with Crippen LogP contribution < -0.4 is 14.8 Å². The number of rotatable bonds is 6. The molecule has 0 aromatic heterocycles. The topological polar surface area (TPSA) is 54.0 Å². The van der Waals surface area contributed by atoms with Gasteiger partial charge >= 0.3 is 0 Å². The van der Waals surface area contributed by atoms with Crippen LogP contribution in [-0.4, -0.2) is 57.1 Å². The van der Waals surface area contributed by atoms with Gasteiger partial charge in [0, 0.05) is 44.4 Å². The van der Waals surface area contributed by atoms with E-state index in [1.54, 1.807) is 19.2 Å². The monoisotopic (exact) mass is 334 g/mol. The Bertz CT molecular complexity index is 470. The second-order valence-electron chi connectivity index (χ2n) is 5.04. The number of nitrogens with one attached hydrogen (secondary N) is 1. The standard InChI is InChI=1S/C15H23FN2O3.ClH/c1-20-11-9-13(19)15(14(10-11)21-2)12(3-4-16)18-7-5-17-6-8-18;/h9-10,12,17,19H,3-8H2,1-2H3;1H/t12-;/m1./s1. The van der Waals surface area contributed by atoms with Crippen LogP contribution in [0.3, 0.4) is 0 Å². The van der Waals surface area contributed by atoms with E-state index in [0.717, 1.165) is 26.2 Å². The van der Waals surface area contributed by atoms with Gasteiger partial charge in [0.15, 0.2) is 0 Å². The molecular formula is C15H24ClFN2O3. The molecule has 7 heteroatoms. The summed E-state index contributed by atoms with van der Waals surface area (Å²) < 4.78 is 23.5. The van der Waals surface area contributed by atoms with Crippen LogP contribution >= 0.6 is 12.4 Å². The Morgan fingerprint density at radius 3 is 2.50 bits per heavy atom. The fraction of sp³-hybridized carbons (Fsp3) is 0.600. The Labute approximate surface area is 136 Å². The number of hydrogen-bond donors (Lipinski definition) is 2. The number of methoxy groups -OCH3 is 2. The quantitative estimate of drug-likeness (QED) is 0.834. The first-order valence-corrected chi connectivity index (χ1v) is 7.16. The number of alkyl halides is 1. The zero-order valence-electron chi connectivity index (χ0n) is 13.0. The molecule has 0 unspecified atom stereocenters. The number of aromatic hydroxyl groups is 1. The Morgan fingerprint density at radius 1 is 1.27 bits per heavy atom. The first-order valence-electron chi connectivity index (χ1n) is 7.16. The van der Waals surface area contributed by atoms with Crippen LogP contribution in [0.5, 0.6) is 17.2 Å². The minimum absolute atomic E-state index is 0. The highest BCUT2D eigenvalue weighted by atomic mass is 35.5. The van der Waals surface area contributed by atoms with Gasteiger partial charge in [0.1, 0.15) is 17.2 Å². The summed E-state index contributed by atoms with van der Waals surface area (Å²) in [6, 6.07) is 3.08. The van der Waals surface area contributed by atoms with Gasteiger partial charge in [-0.05, 0) is 6.42 Å². The number of hydrogen-bond acceptors (Lipinski definition) is 5. The maximum atomic E-state index is 13.0. The van der Waals surface area contributed by atoms with Crippen molar-refractivity contribution in [2.45, 2.75) is 12.5 Å². The second-order valence-corrected chi connectivity index (χ2v) is 5.04. The predicted octanol–water partition coefficient (Wildman–Crippen LogP) is 2.14. The summed E-state index contributed by atoms with van der Waals surface area (Å²) in [6.07, 6.45) is 0.330. The molecule has 0 bridgehead atoms. The van der Waals surface area contributed by atoms with Crippen molar-refractivity contribution in [1.29, 1.82) is 0 Å². The molecule has 1 aromatic rings. The van der Waals surface area contributed by atoms with Crippen LogP contribution in [0.25, 0.3) is 0 Å². The molecule has 0 spiro atoms. The van der Waals surface area contributed by atoms with Crippen LogP contribution in [0, 0.1) is 0 Å². The normalized spacial score (nSPS) is 16.7. The summed E-state index contributed by atoms with van der Waals surface area (Å²) >= 11 is 0. The molecule has 5 nitrogen and oxygen atoms in total. The predicted molar refractivity (Wildman–Crippen MR) is 86.2 cm³/mol. The van der Waals surface area contributed by atoms with Gasteiger partial charge in [0.25, 0.3) is 0 Å². The van der Waals surface area contributed by atoms with Crippen LogP contribution in [0.15, 0.2) is 12.1 Å². The van der Waals surface area contributed by atoms with Crippen molar-refractivity contribution >= 4 is 12.4 Å². The van der Waals surface area contributed by atoms with E-state index in [4.69, 9.17) is 9.47 Å². The molecule has 126 valence electrons. The summed E-state index contributed by atoms with van der Waals surface area (Å²) in [7, 11) is 3.07. The SMILES string of the molecule is COc1cc(O)c([C@@H](CCF)N2CCNCC2)c(OC)c1.Cl. The Kier molecular flexibility index (Phi) is 7.72. The number of halogens is 2. The molecule has 0 saturated carbocycles. The molecule has 0 aliphatic carbocycles. The van der Waals surface area contributed by atoms with E-state index in [-0.39, 0.29) is 24.2 Å². The molecule has 0 amide bonds. The first-order chi connectivity index (χ1) is 10.2. The molecule has 1 atom stereocenters. The fourth-order valence-corrected chi connectivity index (χ4v) is 2.82. The van der Waals surface area contributed by atoms with Crippen molar-refractivity contribution in [1.82, 2.24) is 10.2 Å². The summed E-state index contributed by atoms with van der Waals surface area (Å²) in [6.45, 7) is 2.92. The van der Waals surface area contributed by atoms with Crippen molar-refractivity contribution in [2.24, 2.45) is 0 Å². The average Bonchev–Trinajstić information content (AvgIpc) is 2.53. The maximum Gasteiger partial charge on any atom is 0.131 e. The molecule has 1 aromatic carbocycles. The average molecular weight is 335 g/mol. The van der Waals surface area contributed by atoms with Gasteiger partial charge in [0.2, 0.25) is 0 Å². The van der Waals surface area contributed by atoms with Gasteiger partial charge in [-0.25, -0.2) is 0 Å². The Morgan fingerprint density at radius 2 is 1.95 bits per heavy atom. The van der Waals surface area contributed by atoms with E-state index >= 15 is 0 Å². The maximum absolute atomic E-state index is 13.0. The highest BCUT2D eigenvalue weighted by molar-refractivity contribution is 5.85. The van der Waals surface area contributed by atoms with Gasteiger partial charge in [-0.15, -0.1) is 12.4 Å². The fourth-order valence-electron chi connectivity index (χ4n) is 2.82. The van der Waals surface area contributed by atoms with E-state index < -0.39 is 6.67 Å². The minimum atomic E-state index is -0.441. The number of phenolic OH excluding ortho intramolecular Hbond substituents is 1. The van der Waals surface area contributed by atoms with Gasteiger partial charge in [-0.2, -0.15) is 0 Å². The summed E-state index contributed by atoms with van der Waals surface area (Å²) in [5.41, 5.74) is 0.637. The number of benzene rings is 1. The molecule has 1 aliphatic rings. The zero-order chi connectivity index (χ0) is 15.2. The molecule has 1 fully saturated rings. The Hall–Kier alpha value is -1.24. The number of ether oxygens (including phenoxy) is 2. The van der Waals surface area contributed by atoms with Crippen LogP contribution in [0.1, 0.15) is 18.0 Å². The lowest BCUT2D eigenvalue weighted by atomic mass is 9.99. The highest BCUT2D eigenvalue weighted by Crippen LogP contribution is 2.41. The summed E-state index contributed by atoms with van der Waals surface area (Å²) in [5, 5.41) is 13.6. The zero-order valence-corrected chi connectivity index (χ0v) is 13.8. The largest absolute Gasteiger partial charge is 0.507 e. The third-order valence-electron chi connectivity index (χ3n) is 3.86. The molecule has 1 saturated heterocycles. The third kappa shape index (κ3) is 4.15. The summed E-state index contributed by atoms with van der Waals surface area (Å²) in [5.74, 6) is 1.14. The smallest absolute Gasteiger partial charge is 0.131 e. The van der Waals surface area contributed by atoms with Crippen LogP contribution in [0.2, 0.25) is 0 Å². The van der Waals surface area contributed by atoms with E-state index in [1.807, 2.05) is 0 Å². The molecule has 2 rings (SSSR count). The van der Waals surface area contributed by atoms with Gasteiger partial charge in [-0.3, -0.25) is 9.29 Å². The first kappa shape index (κ1) is 18.8. The van der Waals surface area contributed by atoms with Crippen LogP contribution in [-0.2, 0) is 0 Å². The van der Waals surface area contributed by atoms with Crippen molar-refractivity contribution in [3.63, 3.8) is 0 Å². The van der Waals surface area contributed by atoms with Crippen molar-refractivity contribution < 1.29 is 19.0 Å². The van der Waals surface area contributed by atoms with Gasteiger partial charge in [0.05, 0.1) is 26.5 Å². The van der Waals surface area contributed by atoms with Gasteiger partial charge in [-0.1, -0.05) is 0 Å². The molecule has 0 radical (unpaired) electrons. The van der Waals surface area contributed by atoms with Crippen molar-refractivity contribution in [3.05, 3.63) is 17.7 Å². The second kappa shape index (κ2) is 9.02. The number of phenols is 1. The lowest BCUT2D eigenvalue weighted by Gasteiger charge is -2.35. The third-order valence-corrected chi connectivity index (χ3v) is 3.86. The van der Waals surface area contributed by atoms with E-state index in [9.17, 15) is 9.50 Å². The molecule has 22 heavy (non-hydrogen) atoms. The van der Waals surface area contributed by atoms with E-state index in [1.165, 1.54) is 7.11 Å². The molecule has 2 N–H and O–H groups in total. The van der Waals surface area contributed by atoms with Crippen LogP contribution in [0.4, 0.5) is 4.39 Å². The van der Waals surface area contributed by atoms with E-state index in [2.05, 4.69) is 10.2 Å². The van der Waals surface area contributed by atoms with Crippen molar-refractivity contribution in [2.75, 3.05) is 47.1 Å². The number of piperazine rings is 1. The Balaban J connectivity index is 0.00000242. The molecule has 1 aliphatic heterocycles. The summed E-state index contributed by atoms with van der Waals surface area (Å²) in [4.78, 5) is 2.18. The lowest BCUT2D eigenvalue weighted by molar-refractivity contribution is 0.152. The highest BCUT2D eigenvalue weighted by Gasteiger charge is 2.28. The van der Waals surface area contributed by atoms with E-state index in [0.29, 0.717) is 23.5 Å².